The molecule has 3 atom stereocenters. The number of rotatable bonds is 8. The molecule has 0 unspecified atom stereocenters. The molecule has 2 bridgehead atoms. The molecule has 1 aromatic heterocycles. The van der Waals surface area contributed by atoms with Crippen molar-refractivity contribution in [3.63, 3.8) is 0 Å². The molecule has 3 aromatic rings. The van der Waals surface area contributed by atoms with E-state index < -0.39 is 0 Å². The second-order valence-corrected chi connectivity index (χ2v) is 9.29. The molecule has 0 saturated heterocycles. The van der Waals surface area contributed by atoms with Crippen molar-refractivity contribution in [3.05, 3.63) is 71.4 Å². The van der Waals surface area contributed by atoms with Crippen molar-refractivity contribution in [2.24, 2.45) is 11.8 Å². The van der Waals surface area contributed by atoms with Crippen molar-refractivity contribution in [3.8, 4) is 22.9 Å². The summed E-state index contributed by atoms with van der Waals surface area (Å²) < 4.78 is 15.3. The van der Waals surface area contributed by atoms with Gasteiger partial charge in [-0.2, -0.15) is 0 Å². The van der Waals surface area contributed by atoms with Crippen LogP contribution in [0.3, 0.4) is 0 Å². The minimum atomic E-state index is -0.104. The van der Waals surface area contributed by atoms with Crippen LogP contribution in [-0.2, 0) is 0 Å². The van der Waals surface area contributed by atoms with E-state index in [9.17, 15) is 4.79 Å². The van der Waals surface area contributed by atoms with Crippen LogP contribution in [0.5, 0.6) is 11.5 Å². The minimum Gasteiger partial charge on any atom is -0.492 e. The number of hydrogen-bond acceptors (Lipinski definition) is 4. The predicted molar refractivity (Wildman–Crippen MR) is 125 cm³/mol. The first-order valence-electron chi connectivity index (χ1n) is 11.5. The third-order valence-electron chi connectivity index (χ3n) is 6.77. The molecule has 32 heavy (non-hydrogen) atoms. The molecule has 0 radical (unpaired) electrons. The number of benzene rings is 2. The average Bonchev–Trinajstić information content (AvgIpc) is 3.51. The number of imidazole rings is 1. The van der Waals surface area contributed by atoms with Gasteiger partial charge in [0.2, 0.25) is 0 Å². The molecular weight excluding hydrogens is 402 g/mol. The SMILES string of the molecule is CN(C)CCOc1ccc(-n2ccn(-c3ccc(O[C@@H]4C[C@@H]5CC[C@H]4C5)cc3)c2=O)cc1. The first-order valence-corrected chi connectivity index (χ1v) is 11.5. The summed E-state index contributed by atoms with van der Waals surface area (Å²) in [5.41, 5.74) is 1.54. The van der Waals surface area contributed by atoms with Crippen LogP contribution in [0.4, 0.5) is 0 Å². The van der Waals surface area contributed by atoms with Gasteiger partial charge in [0.1, 0.15) is 24.2 Å². The van der Waals surface area contributed by atoms with Gasteiger partial charge < -0.3 is 14.4 Å². The maximum absolute atomic E-state index is 13.0. The molecule has 0 amide bonds. The van der Waals surface area contributed by atoms with Gasteiger partial charge >= 0.3 is 5.69 Å². The zero-order valence-corrected chi connectivity index (χ0v) is 18.8. The van der Waals surface area contributed by atoms with E-state index in [4.69, 9.17) is 9.47 Å². The molecule has 6 nitrogen and oxygen atoms in total. The third kappa shape index (κ3) is 4.32. The molecule has 2 aromatic carbocycles. The van der Waals surface area contributed by atoms with Gasteiger partial charge in [0.25, 0.3) is 0 Å². The number of aromatic nitrogens is 2. The summed E-state index contributed by atoms with van der Waals surface area (Å²) in [5.74, 6) is 3.28. The first-order chi connectivity index (χ1) is 15.6. The maximum Gasteiger partial charge on any atom is 0.337 e. The summed E-state index contributed by atoms with van der Waals surface area (Å²) in [4.78, 5) is 15.1. The lowest BCUT2D eigenvalue weighted by molar-refractivity contribution is 0.138. The van der Waals surface area contributed by atoms with Crippen molar-refractivity contribution in [1.82, 2.24) is 14.0 Å². The summed E-state index contributed by atoms with van der Waals surface area (Å²) in [6.45, 7) is 1.49. The molecule has 1 heterocycles. The van der Waals surface area contributed by atoms with Crippen LogP contribution in [-0.4, -0.2) is 47.4 Å². The molecule has 2 saturated carbocycles. The Hall–Kier alpha value is -2.99. The fourth-order valence-electron chi connectivity index (χ4n) is 5.01. The molecule has 168 valence electrons. The van der Waals surface area contributed by atoms with Crippen molar-refractivity contribution < 1.29 is 9.47 Å². The molecule has 5 rings (SSSR count). The first kappa shape index (κ1) is 20.9. The number of nitrogens with zero attached hydrogens (tertiary/aromatic N) is 3. The third-order valence-corrected chi connectivity index (χ3v) is 6.77. The topological polar surface area (TPSA) is 48.6 Å². The minimum absolute atomic E-state index is 0.104. The van der Waals surface area contributed by atoms with Crippen LogP contribution in [0.1, 0.15) is 25.7 Å². The van der Waals surface area contributed by atoms with Gasteiger partial charge in [0.05, 0.1) is 11.4 Å². The second kappa shape index (κ2) is 8.87. The number of likely N-dealkylation sites (N-methyl/N-ethyl adjacent to an activating group) is 1. The lowest BCUT2D eigenvalue weighted by Gasteiger charge is -2.23. The Bertz CT molecular complexity index is 1100. The zero-order valence-electron chi connectivity index (χ0n) is 18.8. The highest BCUT2D eigenvalue weighted by molar-refractivity contribution is 5.40. The van der Waals surface area contributed by atoms with E-state index in [0.717, 1.165) is 41.3 Å². The van der Waals surface area contributed by atoms with Gasteiger partial charge in [-0.15, -0.1) is 0 Å². The lowest BCUT2D eigenvalue weighted by atomic mass is 9.98. The molecule has 0 N–H and O–H groups in total. The fourth-order valence-corrected chi connectivity index (χ4v) is 5.01. The molecule has 2 fully saturated rings. The van der Waals surface area contributed by atoms with E-state index in [1.54, 1.807) is 21.5 Å². The van der Waals surface area contributed by atoms with Crippen molar-refractivity contribution in [1.29, 1.82) is 0 Å². The standard InChI is InChI=1S/C26H31N3O3/c1-27(2)15-16-31-23-9-5-21(6-10-23)28-13-14-29(26(28)30)22-7-11-24(12-8-22)32-25-18-19-3-4-20(25)17-19/h5-14,19-20,25H,3-4,15-18H2,1-2H3/t19-,20+,25-/m1/s1. The fraction of sp³-hybridized carbons (Fsp3) is 0.423. The van der Waals surface area contributed by atoms with Crippen LogP contribution < -0.4 is 15.2 Å². The summed E-state index contributed by atoms with van der Waals surface area (Å²) in [6.07, 6.45) is 9.15. The normalized spacial score (nSPS) is 21.9. The Morgan fingerprint density at radius 3 is 2.03 bits per heavy atom. The van der Waals surface area contributed by atoms with Crippen LogP contribution in [0.15, 0.2) is 65.7 Å². The smallest absolute Gasteiger partial charge is 0.337 e. The average molecular weight is 434 g/mol. The summed E-state index contributed by atoms with van der Waals surface area (Å²) >= 11 is 0. The van der Waals surface area contributed by atoms with E-state index in [-0.39, 0.29) is 5.69 Å². The van der Waals surface area contributed by atoms with Crippen LogP contribution in [0, 0.1) is 11.8 Å². The van der Waals surface area contributed by atoms with Gasteiger partial charge in [0.15, 0.2) is 0 Å². The monoisotopic (exact) mass is 433 g/mol. The lowest BCUT2D eigenvalue weighted by Crippen LogP contribution is -2.23. The maximum atomic E-state index is 13.0. The van der Waals surface area contributed by atoms with Crippen molar-refractivity contribution in [2.75, 3.05) is 27.2 Å². The molecule has 0 spiro atoms. The summed E-state index contributed by atoms with van der Waals surface area (Å²) in [7, 11) is 4.03. The van der Waals surface area contributed by atoms with E-state index in [1.807, 2.05) is 62.6 Å². The quantitative estimate of drug-likeness (QED) is 0.536. The number of fused-ring (bicyclic) bond motifs is 2. The number of hydrogen-bond donors (Lipinski definition) is 0. The van der Waals surface area contributed by atoms with Crippen molar-refractivity contribution >= 4 is 0 Å². The molecule has 6 heteroatoms. The Morgan fingerprint density at radius 1 is 0.875 bits per heavy atom. The highest BCUT2D eigenvalue weighted by Crippen LogP contribution is 2.46. The van der Waals surface area contributed by atoms with E-state index >= 15 is 0 Å². The Morgan fingerprint density at radius 2 is 1.50 bits per heavy atom. The second-order valence-electron chi connectivity index (χ2n) is 9.29. The highest BCUT2D eigenvalue weighted by atomic mass is 16.5. The van der Waals surface area contributed by atoms with E-state index in [2.05, 4.69) is 4.90 Å². The van der Waals surface area contributed by atoms with Crippen LogP contribution in [0.25, 0.3) is 11.4 Å². The number of ether oxygens (including phenoxy) is 2. The molecular formula is C26H31N3O3. The van der Waals surface area contributed by atoms with Gasteiger partial charge in [-0.25, -0.2) is 4.79 Å². The summed E-state index contributed by atoms with van der Waals surface area (Å²) in [5, 5.41) is 0. The van der Waals surface area contributed by atoms with Gasteiger partial charge in [-0.05, 0) is 100 Å². The predicted octanol–water partition coefficient (Wildman–Crippen LogP) is 4.14. The van der Waals surface area contributed by atoms with Crippen LogP contribution in [0.2, 0.25) is 0 Å². The Kier molecular flexibility index (Phi) is 5.79. The molecule has 2 aliphatic carbocycles. The molecule has 2 aliphatic rings. The Balaban J connectivity index is 1.26. The summed E-state index contributed by atoms with van der Waals surface area (Å²) in [6, 6.07) is 15.5. The zero-order chi connectivity index (χ0) is 22.1. The van der Waals surface area contributed by atoms with Crippen molar-refractivity contribution in [2.45, 2.75) is 31.8 Å². The molecule has 0 aliphatic heterocycles. The van der Waals surface area contributed by atoms with E-state index in [0.29, 0.717) is 12.7 Å². The van der Waals surface area contributed by atoms with Gasteiger partial charge in [-0.1, -0.05) is 0 Å². The van der Waals surface area contributed by atoms with Gasteiger partial charge in [-0.3, -0.25) is 9.13 Å². The van der Waals surface area contributed by atoms with Gasteiger partial charge in [0, 0.05) is 18.9 Å². The van der Waals surface area contributed by atoms with Crippen LogP contribution >= 0.6 is 0 Å². The highest BCUT2D eigenvalue weighted by Gasteiger charge is 2.40. The largest absolute Gasteiger partial charge is 0.492 e. The Labute approximate surface area is 189 Å². The van der Waals surface area contributed by atoms with E-state index in [1.165, 1.54) is 25.7 Å².